The SMILES string of the molecule is CCCCC1=CC[C]([Zr+2][C]2=C(CCCC)C(CCCC)=CC2)=C1CCCC.[Cl-].[Cl-]. The summed E-state index contributed by atoms with van der Waals surface area (Å²) in [7, 11) is 0. The molecular weight excluding hydrogens is 474 g/mol. The molecule has 0 saturated carbocycles. The van der Waals surface area contributed by atoms with E-state index in [4.69, 9.17) is 0 Å². The van der Waals surface area contributed by atoms with E-state index in [1.165, 1.54) is 89.9 Å². The molecular formula is C26H42Cl2Zr. The minimum atomic E-state index is -0.578. The quantitative estimate of drug-likeness (QED) is 0.333. The van der Waals surface area contributed by atoms with E-state index in [1.54, 1.807) is 11.1 Å². The third-order valence-electron chi connectivity index (χ3n) is 6.07. The standard InChI is InChI=1S/2C13H21.2ClH.Zr/c2*1-3-5-8-12-10-7-11-13(12)9-6-4-2;;;/h2*10H,3-9H2,1-2H3;2*1H;/q;;;;+2/p-2. The summed E-state index contributed by atoms with van der Waals surface area (Å²) >= 11 is -0.578. The van der Waals surface area contributed by atoms with Gasteiger partial charge in [-0.05, 0) is 0 Å². The van der Waals surface area contributed by atoms with Gasteiger partial charge < -0.3 is 24.8 Å². The minimum Gasteiger partial charge on any atom is -1.00 e. The van der Waals surface area contributed by atoms with Crippen LogP contribution >= 0.6 is 0 Å². The van der Waals surface area contributed by atoms with Gasteiger partial charge in [0.25, 0.3) is 0 Å². The summed E-state index contributed by atoms with van der Waals surface area (Å²) in [5, 5.41) is 0. The number of halogens is 2. The Morgan fingerprint density at radius 3 is 1.28 bits per heavy atom. The summed E-state index contributed by atoms with van der Waals surface area (Å²) in [6, 6.07) is 0. The Hall–Kier alpha value is 0.423. The predicted molar refractivity (Wildman–Crippen MR) is 118 cm³/mol. The maximum absolute atomic E-state index is 2.61. The summed E-state index contributed by atoms with van der Waals surface area (Å²) in [6.45, 7) is 9.35. The summed E-state index contributed by atoms with van der Waals surface area (Å²) < 4.78 is 3.87. The Labute approximate surface area is 205 Å². The molecule has 0 aliphatic heterocycles. The van der Waals surface area contributed by atoms with Crippen LogP contribution in [0.1, 0.15) is 118 Å². The maximum atomic E-state index is 2.61. The first-order valence-corrected chi connectivity index (χ1v) is 14.3. The molecule has 2 aliphatic carbocycles. The maximum Gasteiger partial charge on any atom is -1.00 e. The fourth-order valence-corrected chi connectivity index (χ4v) is 8.38. The number of rotatable bonds is 14. The Balaban J connectivity index is 0.00000392. The zero-order valence-corrected chi connectivity index (χ0v) is 23.3. The van der Waals surface area contributed by atoms with Crippen LogP contribution in [0.3, 0.4) is 0 Å². The molecule has 0 heterocycles. The van der Waals surface area contributed by atoms with Crippen LogP contribution in [-0.4, -0.2) is 0 Å². The number of allylic oxidation sites excluding steroid dienone is 8. The zero-order chi connectivity index (χ0) is 19.5. The van der Waals surface area contributed by atoms with E-state index in [2.05, 4.69) is 39.8 Å². The van der Waals surface area contributed by atoms with Crippen molar-refractivity contribution < 1.29 is 48.0 Å². The van der Waals surface area contributed by atoms with E-state index < -0.39 is 23.2 Å². The van der Waals surface area contributed by atoms with Crippen molar-refractivity contribution in [3.05, 3.63) is 41.0 Å². The molecule has 0 N–H and O–H groups in total. The second kappa shape index (κ2) is 17.0. The van der Waals surface area contributed by atoms with Gasteiger partial charge in [0.05, 0.1) is 0 Å². The van der Waals surface area contributed by atoms with Gasteiger partial charge in [0.1, 0.15) is 0 Å². The smallest absolute Gasteiger partial charge is 1.00 e. The molecule has 0 fully saturated rings. The van der Waals surface area contributed by atoms with Gasteiger partial charge in [0, 0.05) is 0 Å². The van der Waals surface area contributed by atoms with Crippen molar-refractivity contribution in [1.29, 1.82) is 0 Å². The first-order valence-electron chi connectivity index (χ1n) is 11.8. The average molecular weight is 517 g/mol. The van der Waals surface area contributed by atoms with Crippen molar-refractivity contribution in [1.82, 2.24) is 0 Å². The molecule has 0 saturated heterocycles. The molecule has 0 atom stereocenters. The molecule has 0 aromatic rings. The minimum absolute atomic E-state index is 0. The van der Waals surface area contributed by atoms with Gasteiger partial charge >= 0.3 is 182 Å². The second-order valence-electron chi connectivity index (χ2n) is 8.32. The molecule has 0 aromatic carbocycles. The molecule has 0 nitrogen and oxygen atoms in total. The Bertz CT molecular complexity index is 544. The fourth-order valence-electron chi connectivity index (χ4n) is 4.34. The van der Waals surface area contributed by atoms with Gasteiger partial charge in [0.2, 0.25) is 0 Å². The summed E-state index contributed by atoms with van der Waals surface area (Å²) in [5.74, 6) is 0. The average Bonchev–Trinajstić information content (AvgIpc) is 3.25. The fraction of sp³-hybridized carbons (Fsp3) is 0.692. The van der Waals surface area contributed by atoms with E-state index in [-0.39, 0.29) is 24.8 Å². The molecule has 0 amide bonds. The second-order valence-corrected chi connectivity index (χ2v) is 11.9. The third-order valence-corrected chi connectivity index (χ3v) is 10.0. The van der Waals surface area contributed by atoms with Gasteiger partial charge in [-0.25, -0.2) is 0 Å². The van der Waals surface area contributed by atoms with Gasteiger partial charge in [0.15, 0.2) is 0 Å². The third kappa shape index (κ3) is 9.21. The summed E-state index contributed by atoms with van der Waals surface area (Å²) in [4.78, 5) is 0. The van der Waals surface area contributed by atoms with Crippen molar-refractivity contribution in [2.45, 2.75) is 118 Å². The van der Waals surface area contributed by atoms with Crippen molar-refractivity contribution in [2.24, 2.45) is 0 Å². The van der Waals surface area contributed by atoms with E-state index in [1.807, 2.05) is 17.7 Å². The van der Waals surface area contributed by atoms with Crippen LogP contribution in [0.4, 0.5) is 0 Å². The monoisotopic (exact) mass is 514 g/mol. The molecule has 3 heteroatoms. The van der Waals surface area contributed by atoms with Crippen LogP contribution in [0.25, 0.3) is 0 Å². The van der Waals surface area contributed by atoms with E-state index in [0.717, 1.165) is 0 Å². The van der Waals surface area contributed by atoms with Crippen LogP contribution < -0.4 is 24.8 Å². The Kier molecular flexibility index (Phi) is 17.3. The van der Waals surface area contributed by atoms with Crippen LogP contribution in [0.5, 0.6) is 0 Å². The molecule has 0 bridgehead atoms. The van der Waals surface area contributed by atoms with Crippen LogP contribution in [0, 0.1) is 0 Å². The molecule has 29 heavy (non-hydrogen) atoms. The van der Waals surface area contributed by atoms with Crippen molar-refractivity contribution in [3.8, 4) is 0 Å². The van der Waals surface area contributed by atoms with E-state index in [9.17, 15) is 0 Å². The van der Waals surface area contributed by atoms with E-state index in [0.29, 0.717) is 0 Å². The van der Waals surface area contributed by atoms with Gasteiger partial charge in [-0.2, -0.15) is 0 Å². The molecule has 0 unspecified atom stereocenters. The molecule has 0 radical (unpaired) electrons. The van der Waals surface area contributed by atoms with Crippen LogP contribution in [-0.2, 0) is 23.2 Å². The molecule has 2 rings (SSSR count). The molecule has 0 aromatic heterocycles. The van der Waals surface area contributed by atoms with Crippen LogP contribution in [0.2, 0.25) is 0 Å². The van der Waals surface area contributed by atoms with Crippen LogP contribution in [0.15, 0.2) is 41.0 Å². The van der Waals surface area contributed by atoms with Crippen molar-refractivity contribution >= 4 is 0 Å². The van der Waals surface area contributed by atoms with Crippen molar-refractivity contribution in [3.63, 3.8) is 0 Å². The topological polar surface area (TPSA) is 0 Å². The molecule has 164 valence electrons. The molecule has 2 aliphatic rings. The zero-order valence-electron chi connectivity index (χ0n) is 19.3. The Morgan fingerprint density at radius 1 is 0.586 bits per heavy atom. The first-order chi connectivity index (χ1) is 13.2. The normalized spacial score (nSPS) is 15.7. The predicted octanol–water partition coefficient (Wildman–Crippen LogP) is 3.01. The summed E-state index contributed by atoms with van der Waals surface area (Å²) in [6.07, 6.45) is 24.0. The van der Waals surface area contributed by atoms with Gasteiger partial charge in [-0.1, -0.05) is 0 Å². The number of hydrogen-bond donors (Lipinski definition) is 0. The summed E-state index contributed by atoms with van der Waals surface area (Å²) in [5.41, 5.74) is 7.16. The Morgan fingerprint density at radius 2 is 0.931 bits per heavy atom. The van der Waals surface area contributed by atoms with Crippen molar-refractivity contribution in [2.75, 3.05) is 0 Å². The van der Waals surface area contributed by atoms with E-state index >= 15 is 0 Å². The number of hydrogen-bond acceptors (Lipinski definition) is 0. The van der Waals surface area contributed by atoms with Gasteiger partial charge in [-0.15, -0.1) is 0 Å². The molecule has 0 spiro atoms. The first kappa shape index (κ1) is 29.4. The van der Waals surface area contributed by atoms with Gasteiger partial charge in [-0.3, -0.25) is 0 Å². The number of unbranched alkanes of at least 4 members (excludes halogenated alkanes) is 4. The largest absolute Gasteiger partial charge is 1.00 e.